The van der Waals surface area contributed by atoms with Crippen molar-refractivity contribution in [1.82, 2.24) is 5.32 Å². The van der Waals surface area contributed by atoms with Gasteiger partial charge < -0.3 is 5.73 Å². The molecule has 1 atom stereocenters. The van der Waals surface area contributed by atoms with Crippen LogP contribution >= 0.6 is 0 Å². The van der Waals surface area contributed by atoms with Gasteiger partial charge in [0.2, 0.25) is 6.17 Å². The van der Waals surface area contributed by atoms with Gasteiger partial charge in [-0.05, 0) is 6.42 Å². The van der Waals surface area contributed by atoms with Crippen molar-refractivity contribution < 1.29 is 4.58 Å². The number of unbranched alkanes of at least 4 members (excludes halogenated alkanes) is 17. The Balaban J connectivity index is 1.72. The van der Waals surface area contributed by atoms with Crippen molar-refractivity contribution in [3.05, 3.63) is 0 Å². The molecule has 166 valence electrons. The van der Waals surface area contributed by atoms with Gasteiger partial charge in [0.15, 0.2) is 12.8 Å². The predicted molar refractivity (Wildman–Crippen MR) is 125 cm³/mol. The summed E-state index contributed by atoms with van der Waals surface area (Å²) in [6.07, 6.45) is 30.1. The summed E-state index contributed by atoms with van der Waals surface area (Å²) >= 11 is 0. The molecule has 0 saturated heterocycles. The van der Waals surface area contributed by atoms with Crippen molar-refractivity contribution in [2.45, 2.75) is 135 Å². The van der Waals surface area contributed by atoms with E-state index in [9.17, 15) is 0 Å². The molecule has 0 aromatic carbocycles. The lowest BCUT2D eigenvalue weighted by atomic mass is 10.0. The highest BCUT2D eigenvalue weighted by Gasteiger charge is 2.23. The van der Waals surface area contributed by atoms with Crippen LogP contribution in [0.3, 0.4) is 0 Å². The highest BCUT2D eigenvalue weighted by molar-refractivity contribution is 5.55. The molecule has 1 aliphatic rings. The SMILES string of the molecule is CCCCCCCCCCCCCCCCCCCCC1NCC=[N+]1CCN. The summed E-state index contributed by atoms with van der Waals surface area (Å²) < 4.78 is 2.40. The monoisotopic (exact) mass is 394 g/mol. The lowest BCUT2D eigenvalue weighted by Gasteiger charge is -2.10. The van der Waals surface area contributed by atoms with Gasteiger partial charge in [-0.1, -0.05) is 116 Å². The predicted octanol–water partition coefficient (Wildman–Crippen LogP) is 6.39. The Kier molecular flexibility index (Phi) is 18.2. The van der Waals surface area contributed by atoms with Gasteiger partial charge in [-0.15, -0.1) is 0 Å². The first-order chi connectivity index (χ1) is 13.9. The quantitative estimate of drug-likeness (QED) is 0.175. The van der Waals surface area contributed by atoms with Gasteiger partial charge in [0.1, 0.15) is 0 Å². The van der Waals surface area contributed by atoms with Crippen LogP contribution in [0.15, 0.2) is 0 Å². The van der Waals surface area contributed by atoms with Crippen LogP contribution in [0.25, 0.3) is 0 Å². The van der Waals surface area contributed by atoms with Gasteiger partial charge in [0.25, 0.3) is 0 Å². The van der Waals surface area contributed by atoms with E-state index in [1.54, 1.807) is 0 Å². The van der Waals surface area contributed by atoms with Gasteiger partial charge in [-0.3, -0.25) is 0 Å². The van der Waals surface area contributed by atoms with E-state index < -0.39 is 0 Å². The van der Waals surface area contributed by atoms with E-state index in [0.29, 0.717) is 6.17 Å². The highest BCUT2D eigenvalue weighted by Crippen LogP contribution is 2.15. The Morgan fingerprint density at radius 2 is 1.14 bits per heavy atom. The maximum atomic E-state index is 5.68. The molecule has 1 unspecified atom stereocenters. The van der Waals surface area contributed by atoms with E-state index in [1.807, 2.05) is 0 Å². The Morgan fingerprint density at radius 3 is 1.57 bits per heavy atom. The molecule has 0 spiro atoms. The topological polar surface area (TPSA) is 41.1 Å². The molecule has 0 aromatic heterocycles. The molecule has 3 N–H and O–H groups in total. The molecular weight excluding hydrogens is 342 g/mol. The maximum absolute atomic E-state index is 5.68. The highest BCUT2D eigenvalue weighted by atomic mass is 15.2. The van der Waals surface area contributed by atoms with Gasteiger partial charge in [-0.2, -0.15) is 0 Å². The molecule has 0 bridgehead atoms. The molecule has 1 heterocycles. The van der Waals surface area contributed by atoms with E-state index in [1.165, 1.54) is 122 Å². The lowest BCUT2D eigenvalue weighted by molar-refractivity contribution is -0.557. The summed E-state index contributed by atoms with van der Waals surface area (Å²) in [7, 11) is 0. The van der Waals surface area contributed by atoms with Crippen LogP contribution in [0.2, 0.25) is 0 Å². The summed E-state index contributed by atoms with van der Waals surface area (Å²) in [6, 6.07) is 0. The van der Waals surface area contributed by atoms with Crippen LogP contribution in [-0.2, 0) is 0 Å². The van der Waals surface area contributed by atoms with Crippen molar-refractivity contribution in [2.75, 3.05) is 19.6 Å². The van der Waals surface area contributed by atoms with Gasteiger partial charge in [0.05, 0.1) is 13.1 Å². The van der Waals surface area contributed by atoms with Crippen molar-refractivity contribution >= 4 is 6.21 Å². The zero-order valence-electron chi connectivity index (χ0n) is 19.2. The second kappa shape index (κ2) is 19.9. The minimum absolute atomic E-state index is 0.546. The molecule has 0 amide bonds. The molecule has 0 saturated carbocycles. The fraction of sp³-hybridized carbons (Fsp3) is 0.960. The summed E-state index contributed by atoms with van der Waals surface area (Å²) in [6.45, 7) is 5.07. The van der Waals surface area contributed by atoms with Crippen LogP contribution in [0.4, 0.5) is 0 Å². The Morgan fingerprint density at radius 1 is 0.714 bits per heavy atom. The molecule has 1 aliphatic heterocycles. The number of nitrogens with one attached hydrogen (secondary N) is 1. The molecule has 3 heteroatoms. The third kappa shape index (κ3) is 14.6. The summed E-state index contributed by atoms with van der Waals surface area (Å²) in [5.74, 6) is 0. The zero-order chi connectivity index (χ0) is 20.1. The lowest BCUT2D eigenvalue weighted by Crippen LogP contribution is -2.35. The molecular formula is C25H52N3+. The van der Waals surface area contributed by atoms with Crippen LogP contribution < -0.4 is 11.1 Å². The summed E-state index contributed by atoms with van der Waals surface area (Å²) in [5, 5.41) is 3.56. The van der Waals surface area contributed by atoms with Crippen molar-refractivity contribution in [1.29, 1.82) is 0 Å². The van der Waals surface area contributed by atoms with Crippen molar-refractivity contribution in [2.24, 2.45) is 5.73 Å². The summed E-state index contributed by atoms with van der Waals surface area (Å²) in [5.41, 5.74) is 5.68. The smallest absolute Gasteiger partial charge is 0.206 e. The van der Waals surface area contributed by atoms with Crippen LogP contribution in [0, 0.1) is 0 Å². The average Bonchev–Trinajstić information content (AvgIpc) is 3.14. The van der Waals surface area contributed by atoms with Crippen LogP contribution in [0.1, 0.15) is 129 Å². The van der Waals surface area contributed by atoms with Crippen LogP contribution in [0.5, 0.6) is 0 Å². The zero-order valence-corrected chi connectivity index (χ0v) is 19.2. The van der Waals surface area contributed by atoms with E-state index in [-0.39, 0.29) is 0 Å². The first-order valence-corrected chi connectivity index (χ1v) is 12.9. The first kappa shape index (κ1) is 25.6. The Hall–Kier alpha value is -0.410. The molecule has 0 aliphatic carbocycles. The van der Waals surface area contributed by atoms with Crippen molar-refractivity contribution in [3.8, 4) is 0 Å². The molecule has 0 fully saturated rings. The summed E-state index contributed by atoms with van der Waals surface area (Å²) in [4.78, 5) is 0. The second-order valence-electron chi connectivity index (χ2n) is 8.93. The minimum atomic E-state index is 0.546. The van der Waals surface area contributed by atoms with E-state index in [0.717, 1.165) is 19.6 Å². The van der Waals surface area contributed by atoms with Gasteiger partial charge in [-0.25, -0.2) is 9.89 Å². The van der Waals surface area contributed by atoms with E-state index in [4.69, 9.17) is 5.73 Å². The largest absolute Gasteiger partial charge is 0.325 e. The molecule has 0 radical (unpaired) electrons. The average molecular weight is 395 g/mol. The normalized spacial score (nSPS) is 16.6. The van der Waals surface area contributed by atoms with Crippen LogP contribution in [-0.4, -0.2) is 36.6 Å². The first-order valence-electron chi connectivity index (χ1n) is 12.9. The minimum Gasteiger partial charge on any atom is -0.325 e. The molecule has 3 nitrogen and oxygen atoms in total. The third-order valence-electron chi connectivity index (χ3n) is 6.30. The third-order valence-corrected chi connectivity index (χ3v) is 6.30. The standard InChI is InChI=1S/C25H52N3/c1-2-3-4-5-6-7-8-9-10-11-12-13-14-15-16-17-18-19-20-25-27-22-24-28(25)23-21-26/h24-25,27H,2-23,26H2,1H3/q+1. The molecule has 0 aromatic rings. The maximum Gasteiger partial charge on any atom is 0.206 e. The van der Waals surface area contributed by atoms with Gasteiger partial charge in [0, 0.05) is 6.42 Å². The number of hydrogen-bond acceptors (Lipinski definition) is 2. The number of hydrogen-bond donors (Lipinski definition) is 2. The molecule has 28 heavy (non-hydrogen) atoms. The fourth-order valence-electron chi connectivity index (χ4n) is 4.45. The Bertz CT molecular complexity index is 354. The van der Waals surface area contributed by atoms with E-state index in [2.05, 4.69) is 23.0 Å². The second-order valence-corrected chi connectivity index (χ2v) is 8.93. The van der Waals surface area contributed by atoms with Gasteiger partial charge >= 0.3 is 0 Å². The number of nitrogens with two attached hydrogens (primary N) is 1. The molecule has 1 rings (SSSR count). The Labute approximate surface area is 176 Å². The number of rotatable bonds is 21. The van der Waals surface area contributed by atoms with Crippen molar-refractivity contribution in [3.63, 3.8) is 0 Å². The van der Waals surface area contributed by atoms with E-state index >= 15 is 0 Å². The fourth-order valence-corrected chi connectivity index (χ4v) is 4.45. The number of nitrogens with zero attached hydrogens (tertiary/aromatic N) is 1.